The van der Waals surface area contributed by atoms with E-state index in [-0.39, 0.29) is 17.9 Å². The Balaban J connectivity index is 2.33. The minimum atomic E-state index is -0.479. The molecule has 1 aromatic carbocycles. The lowest BCUT2D eigenvalue weighted by Crippen LogP contribution is -1.92. The molecule has 0 saturated carbocycles. The largest absolute Gasteiger partial charge is 0.298 e. The van der Waals surface area contributed by atoms with Gasteiger partial charge in [0.15, 0.2) is 5.78 Å². The number of hydrogen-bond acceptors (Lipinski definition) is 5. The molecule has 86 valence electrons. The van der Waals surface area contributed by atoms with Gasteiger partial charge in [-0.05, 0) is 11.6 Å². The van der Waals surface area contributed by atoms with Crippen molar-refractivity contribution in [1.82, 2.24) is 0 Å². The van der Waals surface area contributed by atoms with Gasteiger partial charge in [0.05, 0.1) is 21.3 Å². The normalized spacial score (nSPS) is 17.8. The van der Waals surface area contributed by atoms with Crippen LogP contribution in [-0.2, 0) is 4.79 Å². The van der Waals surface area contributed by atoms with Gasteiger partial charge in [-0.3, -0.25) is 20.3 Å². The number of nitro groups is 1. The van der Waals surface area contributed by atoms with Gasteiger partial charge in [0.2, 0.25) is 0 Å². The Kier molecular flexibility index (Phi) is 3.06. The predicted octanol–water partition coefficient (Wildman–Crippen LogP) is 2.62. The van der Waals surface area contributed by atoms with Gasteiger partial charge in [0.1, 0.15) is 0 Å². The van der Waals surface area contributed by atoms with Crippen LogP contribution in [0.25, 0.3) is 6.08 Å². The molecule has 6 heteroatoms. The first-order valence-electron chi connectivity index (χ1n) is 4.81. The van der Waals surface area contributed by atoms with Gasteiger partial charge in [-0.15, -0.1) is 0 Å². The lowest BCUT2D eigenvalue weighted by molar-refractivity contribution is -0.384. The van der Waals surface area contributed by atoms with Crippen molar-refractivity contribution in [3.63, 3.8) is 0 Å². The summed E-state index contributed by atoms with van der Waals surface area (Å²) in [6.45, 7) is 0. The fourth-order valence-electron chi connectivity index (χ4n) is 1.45. The van der Waals surface area contributed by atoms with Crippen LogP contribution in [0.1, 0.15) is 12.0 Å². The van der Waals surface area contributed by atoms with E-state index in [9.17, 15) is 14.9 Å². The van der Waals surface area contributed by atoms with E-state index in [1.54, 1.807) is 18.2 Å². The van der Waals surface area contributed by atoms with Crippen molar-refractivity contribution in [3.05, 3.63) is 44.8 Å². The molecule has 5 nitrogen and oxygen atoms in total. The first kappa shape index (κ1) is 11.5. The van der Waals surface area contributed by atoms with Gasteiger partial charge in [0.25, 0.3) is 5.69 Å². The standard InChI is InChI=1S/C11H8N2O3S/c12-11-6-9(14)10(17-11)5-7-2-1-3-8(4-7)13(15)16/h1-5,12H,6H2/b10-5-,12-11?. The fourth-order valence-corrected chi connectivity index (χ4v) is 2.30. The monoisotopic (exact) mass is 248 g/mol. The van der Waals surface area contributed by atoms with Crippen LogP contribution < -0.4 is 0 Å². The molecule has 1 aromatic rings. The van der Waals surface area contributed by atoms with Crippen molar-refractivity contribution >= 4 is 34.4 Å². The summed E-state index contributed by atoms with van der Waals surface area (Å²) in [6, 6.07) is 6.06. The Morgan fingerprint density at radius 2 is 2.24 bits per heavy atom. The minimum absolute atomic E-state index is 0.00938. The molecular formula is C11H8N2O3S. The first-order valence-corrected chi connectivity index (χ1v) is 5.62. The van der Waals surface area contributed by atoms with Gasteiger partial charge >= 0.3 is 0 Å². The molecule has 2 rings (SSSR count). The molecule has 0 unspecified atom stereocenters. The highest BCUT2D eigenvalue weighted by molar-refractivity contribution is 8.18. The molecule has 1 aliphatic heterocycles. The number of ketones is 1. The zero-order valence-corrected chi connectivity index (χ0v) is 9.49. The molecule has 1 heterocycles. The summed E-state index contributed by atoms with van der Waals surface area (Å²) in [5.74, 6) is -0.105. The van der Waals surface area contributed by atoms with E-state index in [1.807, 2.05) is 0 Å². The lowest BCUT2D eigenvalue weighted by atomic mass is 10.1. The molecule has 0 aliphatic carbocycles. The van der Waals surface area contributed by atoms with Crippen molar-refractivity contribution in [1.29, 1.82) is 5.41 Å². The van der Waals surface area contributed by atoms with Gasteiger partial charge < -0.3 is 0 Å². The molecular weight excluding hydrogens is 240 g/mol. The molecule has 17 heavy (non-hydrogen) atoms. The summed E-state index contributed by atoms with van der Waals surface area (Å²) in [6.07, 6.45) is 1.72. The second kappa shape index (κ2) is 4.50. The van der Waals surface area contributed by atoms with Crippen LogP contribution in [0.5, 0.6) is 0 Å². The first-order chi connectivity index (χ1) is 8.06. The van der Waals surface area contributed by atoms with Crippen LogP contribution in [0.4, 0.5) is 5.69 Å². The van der Waals surface area contributed by atoms with Crippen molar-refractivity contribution < 1.29 is 9.72 Å². The van der Waals surface area contributed by atoms with Crippen LogP contribution in [0.3, 0.4) is 0 Å². The van der Waals surface area contributed by atoms with E-state index in [1.165, 1.54) is 12.1 Å². The summed E-state index contributed by atoms with van der Waals surface area (Å²) < 4.78 is 0. The number of benzene rings is 1. The smallest absolute Gasteiger partial charge is 0.270 e. The quantitative estimate of drug-likeness (QED) is 0.495. The summed E-state index contributed by atoms with van der Waals surface area (Å²) in [4.78, 5) is 22.0. The van der Waals surface area contributed by atoms with Gasteiger partial charge in [-0.25, -0.2) is 0 Å². The highest BCUT2D eigenvalue weighted by Gasteiger charge is 2.22. The SMILES string of the molecule is N=C1CC(=O)/C(=C/c2cccc([N+](=O)[O-])c2)S1. The Bertz CT molecular complexity index is 551. The predicted molar refractivity (Wildman–Crippen MR) is 66.0 cm³/mol. The Morgan fingerprint density at radius 1 is 1.47 bits per heavy atom. The molecule has 0 spiro atoms. The summed E-state index contributed by atoms with van der Waals surface area (Å²) in [5.41, 5.74) is 0.592. The summed E-state index contributed by atoms with van der Waals surface area (Å²) in [5, 5.41) is 18.3. The Hall–Kier alpha value is -1.95. The number of hydrogen-bond donors (Lipinski definition) is 1. The third-order valence-corrected chi connectivity index (χ3v) is 3.16. The highest BCUT2D eigenvalue weighted by Crippen LogP contribution is 2.31. The van der Waals surface area contributed by atoms with E-state index < -0.39 is 4.92 Å². The molecule has 1 aliphatic rings. The van der Waals surface area contributed by atoms with E-state index in [0.29, 0.717) is 15.5 Å². The van der Waals surface area contributed by atoms with Gasteiger partial charge in [-0.1, -0.05) is 23.9 Å². The van der Waals surface area contributed by atoms with Crippen LogP contribution in [0, 0.1) is 15.5 Å². The van der Waals surface area contributed by atoms with Crippen LogP contribution >= 0.6 is 11.8 Å². The number of carbonyl (C=O) groups is 1. The molecule has 1 N–H and O–H groups in total. The van der Waals surface area contributed by atoms with Gasteiger partial charge in [-0.2, -0.15) is 0 Å². The number of Topliss-reactive ketones (excluding diaryl/α,β-unsaturated/α-hetero) is 1. The number of nitrogens with zero attached hydrogens (tertiary/aromatic N) is 1. The van der Waals surface area contributed by atoms with E-state index in [2.05, 4.69) is 0 Å². The number of carbonyl (C=O) groups excluding carboxylic acids is 1. The van der Waals surface area contributed by atoms with Crippen molar-refractivity contribution in [3.8, 4) is 0 Å². The second-order valence-corrected chi connectivity index (χ2v) is 4.62. The highest BCUT2D eigenvalue weighted by atomic mass is 32.2. The van der Waals surface area contributed by atoms with Crippen molar-refractivity contribution in [2.75, 3.05) is 0 Å². The number of nitro benzene ring substituents is 1. The minimum Gasteiger partial charge on any atom is -0.298 e. The van der Waals surface area contributed by atoms with Crippen LogP contribution in [-0.4, -0.2) is 15.8 Å². The topological polar surface area (TPSA) is 84.1 Å². The molecule has 0 radical (unpaired) electrons. The van der Waals surface area contributed by atoms with E-state index >= 15 is 0 Å². The average Bonchev–Trinajstić information content (AvgIpc) is 2.58. The third-order valence-electron chi connectivity index (χ3n) is 2.21. The van der Waals surface area contributed by atoms with E-state index in [4.69, 9.17) is 5.41 Å². The van der Waals surface area contributed by atoms with Crippen molar-refractivity contribution in [2.45, 2.75) is 6.42 Å². The number of rotatable bonds is 2. The molecule has 1 fully saturated rings. The second-order valence-electron chi connectivity index (χ2n) is 3.49. The fraction of sp³-hybridized carbons (Fsp3) is 0.0909. The number of thioether (sulfide) groups is 1. The summed E-state index contributed by atoms with van der Waals surface area (Å²) in [7, 11) is 0. The maximum absolute atomic E-state index is 11.4. The maximum atomic E-state index is 11.4. The number of nitrogens with one attached hydrogen (secondary N) is 1. The molecule has 1 saturated heterocycles. The number of non-ortho nitro benzene ring substituents is 1. The molecule has 0 bridgehead atoms. The van der Waals surface area contributed by atoms with Crippen LogP contribution in [0.15, 0.2) is 29.2 Å². The average molecular weight is 248 g/mol. The molecule has 0 atom stereocenters. The Morgan fingerprint density at radius 3 is 2.82 bits per heavy atom. The molecule has 0 aromatic heterocycles. The lowest BCUT2D eigenvalue weighted by Gasteiger charge is -1.96. The third kappa shape index (κ3) is 2.59. The zero-order chi connectivity index (χ0) is 12.4. The molecule has 0 amide bonds. The Labute approximate surface area is 101 Å². The summed E-state index contributed by atoms with van der Waals surface area (Å²) >= 11 is 1.11. The van der Waals surface area contributed by atoms with Gasteiger partial charge in [0, 0.05) is 12.1 Å². The number of allylic oxidation sites excluding steroid dienone is 1. The van der Waals surface area contributed by atoms with Crippen LogP contribution in [0.2, 0.25) is 0 Å². The zero-order valence-electron chi connectivity index (χ0n) is 8.67. The van der Waals surface area contributed by atoms with Crippen molar-refractivity contribution in [2.24, 2.45) is 0 Å². The van der Waals surface area contributed by atoms with E-state index in [0.717, 1.165) is 11.8 Å². The maximum Gasteiger partial charge on any atom is 0.270 e.